The molecule has 2 aromatic rings. The quantitative estimate of drug-likeness (QED) is 0.899. The highest BCUT2D eigenvalue weighted by atomic mass is 79.9. The van der Waals surface area contributed by atoms with Gasteiger partial charge in [-0.25, -0.2) is 4.98 Å². The Morgan fingerprint density at radius 3 is 3.20 bits per heavy atom. The minimum absolute atomic E-state index is 0.197. The van der Waals surface area contributed by atoms with E-state index in [4.69, 9.17) is 0 Å². The second-order valence-corrected chi connectivity index (χ2v) is 4.48. The van der Waals surface area contributed by atoms with E-state index in [2.05, 4.69) is 36.2 Å². The zero-order chi connectivity index (χ0) is 10.7. The van der Waals surface area contributed by atoms with Crippen LogP contribution in [-0.2, 0) is 6.54 Å². The fourth-order valence-electron chi connectivity index (χ4n) is 1.01. The lowest BCUT2D eigenvalue weighted by molar-refractivity contribution is 1.06. The topological polar surface area (TPSA) is 70.7 Å². The Morgan fingerprint density at radius 2 is 2.47 bits per heavy atom. The number of rotatable bonds is 3. The van der Waals surface area contributed by atoms with Gasteiger partial charge in [0.2, 0.25) is 0 Å². The first-order valence-electron chi connectivity index (χ1n) is 4.12. The van der Waals surface area contributed by atoms with Crippen molar-refractivity contribution in [2.24, 2.45) is 0 Å². The number of anilines is 1. The van der Waals surface area contributed by atoms with Crippen molar-refractivity contribution >= 4 is 33.1 Å². The molecule has 0 radical (unpaired) electrons. The van der Waals surface area contributed by atoms with Crippen LogP contribution in [0.3, 0.4) is 0 Å². The number of thiazole rings is 1. The molecule has 0 unspecified atom stereocenters. The van der Waals surface area contributed by atoms with Crippen molar-refractivity contribution in [1.82, 2.24) is 15.0 Å². The van der Waals surface area contributed by atoms with Crippen LogP contribution in [0.1, 0.15) is 4.88 Å². The molecule has 2 rings (SSSR count). The summed E-state index contributed by atoms with van der Waals surface area (Å²) in [5, 5.41) is 3.05. The molecule has 15 heavy (non-hydrogen) atoms. The van der Waals surface area contributed by atoms with Crippen LogP contribution >= 0.6 is 27.3 Å². The Kier molecular flexibility index (Phi) is 3.12. The number of halogens is 1. The molecule has 0 spiro atoms. The van der Waals surface area contributed by atoms with Crippen LogP contribution in [0.4, 0.5) is 5.82 Å². The van der Waals surface area contributed by atoms with Crippen LogP contribution in [0.2, 0.25) is 0 Å². The van der Waals surface area contributed by atoms with E-state index < -0.39 is 0 Å². The molecule has 0 saturated carbocycles. The predicted octanol–water partition coefficient (Wildman–Crippen LogP) is 1.60. The molecule has 0 amide bonds. The monoisotopic (exact) mass is 286 g/mol. The molecule has 0 aromatic carbocycles. The number of aromatic amines is 1. The Labute approximate surface area is 97.7 Å². The number of nitrogens with one attached hydrogen (secondary N) is 2. The lowest BCUT2D eigenvalue weighted by Crippen LogP contribution is -2.11. The van der Waals surface area contributed by atoms with Crippen molar-refractivity contribution in [3.63, 3.8) is 0 Å². The van der Waals surface area contributed by atoms with Crippen molar-refractivity contribution < 1.29 is 0 Å². The standard InChI is InChI=1S/C8H7BrN4OS/c9-6-7(12-3-13-8(6)14)11-2-5-1-10-4-15-5/h1,3-4H,2H2,(H2,11,12,13,14). The summed E-state index contributed by atoms with van der Waals surface area (Å²) < 4.78 is 0.412. The third kappa shape index (κ3) is 2.42. The first-order valence-corrected chi connectivity index (χ1v) is 5.79. The molecule has 78 valence electrons. The molecule has 0 atom stereocenters. The number of nitrogens with zero attached hydrogens (tertiary/aromatic N) is 2. The first kappa shape index (κ1) is 10.3. The SMILES string of the molecule is O=c1[nH]cnc(NCc2cncs2)c1Br. The highest BCUT2D eigenvalue weighted by Crippen LogP contribution is 2.15. The Morgan fingerprint density at radius 1 is 1.60 bits per heavy atom. The zero-order valence-electron chi connectivity index (χ0n) is 7.53. The second-order valence-electron chi connectivity index (χ2n) is 2.72. The molecule has 0 aliphatic rings. The predicted molar refractivity (Wildman–Crippen MR) is 62.0 cm³/mol. The van der Waals surface area contributed by atoms with Gasteiger partial charge in [-0.05, 0) is 15.9 Å². The summed E-state index contributed by atoms with van der Waals surface area (Å²) in [5.74, 6) is 0.534. The lowest BCUT2D eigenvalue weighted by atomic mass is 10.5. The van der Waals surface area contributed by atoms with Crippen molar-refractivity contribution in [2.45, 2.75) is 6.54 Å². The minimum Gasteiger partial charge on any atom is -0.364 e. The molecule has 0 aliphatic carbocycles. The van der Waals surface area contributed by atoms with Gasteiger partial charge >= 0.3 is 0 Å². The van der Waals surface area contributed by atoms with Gasteiger partial charge in [-0.15, -0.1) is 11.3 Å². The fraction of sp³-hybridized carbons (Fsp3) is 0.125. The second kappa shape index (κ2) is 4.54. The van der Waals surface area contributed by atoms with Gasteiger partial charge < -0.3 is 10.3 Å². The number of hydrogen-bond acceptors (Lipinski definition) is 5. The molecule has 2 aromatic heterocycles. The van der Waals surface area contributed by atoms with E-state index in [1.165, 1.54) is 6.33 Å². The van der Waals surface area contributed by atoms with Gasteiger partial charge in [-0.2, -0.15) is 0 Å². The van der Waals surface area contributed by atoms with Crippen LogP contribution in [0, 0.1) is 0 Å². The van der Waals surface area contributed by atoms with Gasteiger partial charge in [0.15, 0.2) is 0 Å². The van der Waals surface area contributed by atoms with Gasteiger partial charge in [0, 0.05) is 11.1 Å². The van der Waals surface area contributed by atoms with E-state index >= 15 is 0 Å². The van der Waals surface area contributed by atoms with Gasteiger partial charge in [0.25, 0.3) is 5.56 Å². The van der Waals surface area contributed by atoms with Crippen molar-refractivity contribution in [2.75, 3.05) is 5.32 Å². The average molecular weight is 287 g/mol. The minimum atomic E-state index is -0.197. The summed E-state index contributed by atoms with van der Waals surface area (Å²) in [6, 6.07) is 0. The third-order valence-corrected chi connectivity index (χ3v) is 3.23. The highest BCUT2D eigenvalue weighted by Gasteiger charge is 2.04. The molecule has 0 bridgehead atoms. The molecular weight excluding hydrogens is 280 g/mol. The van der Waals surface area contributed by atoms with E-state index in [1.807, 2.05) is 0 Å². The molecule has 0 saturated heterocycles. The van der Waals surface area contributed by atoms with Gasteiger partial charge in [0.05, 0.1) is 18.4 Å². The van der Waals surface area contributed by atoms with E-state index in [0.717, 1.165) is 4.88 Å². The smallest absolute Gasteiger partial charge is 0.267 e. The molecule has 7 heteroatoms. The first-order chi connectivity index (χ1) is 7.27. The highest BCUT2D eigenvalue weighted by molar-refractivity contribution is 9.10. The average Bonchev–Trinajstić information content (AvgIpc) is 2.73. The Bertz CT molecular complexity index is 496. The maximum Gasteiger partial charge on any atom is 0.267 e. The lowest BCUT2D eigenvalue weighted by Gasteiger charge is -2.03. The van der Waals surface area contributed by atoms with Crippen molar-refractivity contribution in [1.29, 1.82) is 0 Å². The Hall–Kier alpha value is -1.21. The molecule has 0 fully saturated rings. The molecule has 2 heterocycles. The summed E-state index contributed by atoms with van der Waals surface area (Å²) >= 11 is 4.71. The third-order valence-electron chi connectivity index (χ3n) is 1.71. The van der Waals surface area contributed by atoms with Crippen molar-refractivity contribution in [3.8, 4) is 0 Å². The normalized spacial score (nSPS) is 10.2. The van der Waals surface area contributed by atoms with Gasteiger partial charge in [-0.3, -0.25) is 9.78 Å². The van der Waals surface area contributed by atoms with Gasteiger partial charge in [0.1, 0.15) is 10.3 Å². The molecule has 2 N–H and O–H groups in total. The maximum atomic E-state index is 11.2. The van der Waals surface area contributed by atoms with Crippen LogP contribution in [0.15, 0.2) is 27.3 Å². The number of H-pyrrole nitrogens is 1. The summed E-state index contributed by atoms with van der Waals surface area (Å²) in [6.07, 6.45) is 3.14. The number of hydrogen-bond donors (Lipinski definition) is 2. The van der Waals surface area contributed by atoms with Crippen LogP contribution < -0.4 is 10.9 Å². The van der Waals surface area contributed by atoms with E-state index in [-0.39, 0.29) is 5.56 Å². The maximum absolute atomic E-state index is 11.2. The van der Waals surface area contributed by atoms with E-state index in [9.17, 15) is 4.79 Å². The molecular formula is C8H7BrN4OS. The summed E-state index contributed by atoms with van der Waals surface area (Å²) in [4.78, 5) is 22.7. The summed E-state index contributed by atoms with van der Waals surface area (Å²) in [7, 11) is 0. The fourth-order valence-corrected chi connectivity index (χ4v) is 1.90. The van der Waals surface area contributed by atoms with E-state index in [1.54, 1.807) is 23.0 Å². The van der Waals surface area contributed by atoms with Gasteiger partial charge in [-0.1, -0.05) is 0 Å². The zero-order valence-corrected chi connectivity index (χ0v) is 9.93. The largest absolute Gasteiger partial charge is 0.364 e. The van der Waals surface area contributed by atoms with Crippen molar-refractivity contribution in [3.05, 3.63) is 37.7 Å². The van der Waals surface area contributed by atoms with Crippen LogP contribution in [-0.4, -0.2) is 15.0 Å². The summed E-state index contributed by atoms with van der Waals surface area (Å²) in [5.41, 5.74) is 1.56. The Balaban J connectivity index is 2.12. The number of aromatic nitrogens is 3. The molecule has 0 aliphatic heterocycles. The van der Waals surface area contributed by atoms with E-state index in [0.29, 0.717) is 16.8 Å². The van der Waals surface area contributed by atoms with Crippen LogP contribution in [0.5, 0.6) is 0 Å². The van der Waals surface area contributed by atoms with Crippen LogP contribution in [0.25, 0.3) is 0 Å². The molecule has 5 nitrogen and oxygen atoms in total. The summed E-state index contributed by atoms with van der Waals surface area (Å²) in [6.45, 7) is 0.611.